The first-order valence-corrected chi connectivity index (χ1v) is 6.90. The summed E-state index contributed by atoms with van der Waals surface area (Å²) in [4.78, 5) is 19.8. The Morgan fingerprint density at radius 1 is 1.09 bits per heavy atom. The number of pyridine rings is 1. The molecule has 0 saturated heterocycles. The molecule has 23 heavy (non-hydrogen) atoms. The number of hydrogen-bond acceptors (Lipinski definition) is 4. The van der Waals surface area contributed by atoms with Gasteiger partial charge in [0.2, 0.25) is 0 Å². The number of imidazole rings is 1. The van der Waals surface area contributed by atoms with Gasteiger partial charge < -0.3 is 9.30 Å². The summed E-state index contributed by atoms with van der Waals surface area (Å²) in [7, 11) is 1.36. The maximum Gasteiger partial charge on any atom is 0.337 e. The Morgan fingerprint density at radius 2 is 1.91 bits per heavy atom. The van der Waals surface area contributed by atoms with E-state index in [0.717, 1.165) is 11.3 Å². The lowest BCUT2D eigenvalue weighted by molar-refractivity contribution is 0.0600. The van der Waals surface area contributed by atoms with Gasteiger partial charge in [0.1, 0.15) is 0 Å². The Hall–Kier alpha value is -3.39. The van der Waals surface area contributed by atoms with E-state index < -0.39 is 5.97 Å². The van der Waals surface area contributed by atoms with Crippen molar-refractivity contribution in [1.82, 2.24) is 14.5 Å². The third-order valence-corrected chi connectivity index (χ3v) is 3.22. The van der Waals surface area contributed by atoms with Crippen molar-refractivity contribution in [2.24, 2.45) is 0 Å². The number of ether oxygens (including phenoxy) is 1. The van der Waals surface area contributed by atoms with Crippen LogP contribution in [0, 0.1) is 11.8 Å². The first kappa shape index (κ1) is 14.5. The number of methoxy groups -OCH3 is 1. The van der Waals surface area contributed by atoms with Gasteiger partial charge in [-0.1, -0.05) is 11.8 Å². The van der Waals surface area contributed by atoms with Crippen LogP contribution in [-0.2, 0) is 4.74 Å². The third-order valence-electron chi connectivity index (χ3n) is 3.22. The van der Waals surface area contributed by atoms with Gasteiger partial charge in [-0.25, -0.2) is 9.78 Å². The molecule has 5 heteroatoms. The number of aromatic nitrogens is 3. The molecule has 1 aromatic carbocycles. The highest BCUT2D eigenvalue weighted by molar-refractivity contribution is 5.90. The molecular formula is C18H13N3O2. The lowest BCUT2D eigenvalue weighted by atomic mass is 10.1. The van der Waals surface area contributed by atoms with Crippen LogP contribution in [0.25, 0.3) is 5.69 Å². The normalized spacial score (nSPS) is 9.78. The van der Waals surface area contributed by atoms with Crippen LogP contribution in [0.1, 0.15) is 21.5 Å². The number of rotatable bonds is 2. The molecule has 0 N–H and O–H groups in total. The van der Waals surface area contributed by atoms with Crippen molar-refractivity contribution >= 4 is 5.97 Å². The van der Waals surface area contributed by atoms with Crippen LogP contribution < -0.4 is 0 Å². The average Bonchev–Trinajstić information content (AvgIpc) is 3.14. The Labute approximate surface area is 133 Å². The molecule has 112 valence electrons. The predicted molar refractivity (Wildman–Crippen MR) is 85.1 cm³/mol. The minimum absolute atomic E-state index is 0.394. The first-order chi connectivity index (χ1) is 11.3. The molecule has 0 spiro atoms. The molecule has 0 fully saturated rings. The van der Waals surface area contributed by atoms with Gasteiger partial charge in [-0.3, -0.25) is 4.98 Å². The lowest BCUT2D eigenvalue weighted by Gasteiger charge is -2.07. The van der Waals surface area contributed by atoms with Gasteiger partial charge in [-0.15, -0.1) is 0 Å². The Bertz CT molecular complexity index is 876. The molecule has 3 rings (SSSR count). The van der Waals surface area contributed by atoms with Crippen molar-refractivity contribution < 1.29 is 9.53 Å². The van der Waals surface area contributed by atoms with Gasteiger partial charge in [0.05, 0.1) is 24.7 Å². The third kappa shape index (κ3) is 3.27. The van der Waals surface area contributed by atoms with Crippen LogP contribution in [-0.4, -0.2) is 27.6 Å². The number of nitrogens with zero attached hydrogens (tertiary/aromatic N) is 3. The second-order valence-corrected chi connectivity index (χ2v) is 4.68. The van der Waals surface area contributed by atoms with E-state index in [4.69, 9.17) is 4.74 Å². The zero-order valence-electron chi connectivity index (χ0n) is 12.4. The van der Waals surface area contributed by atoms with Crippen LogP contribution in [0.4, 0.5) is 0 Å². The molecule has 0 unspecified atom stereocenters. The number of carbonyl (C=O) groups is 1. The molecule has 0 atom stereocenters. The van der Waals surface area contributed by atoms with E-state index in [1.807, 2.05) is 29.0 Å². The number of benzene rings is 1. The Balaban J connectivity index is 2.08. The topological polar surface area (TPSA) is 57.0 Å². The second kappa shape index (κ2) is 6.58. The molecule has 5 nitrogen and oxygen atoms in total. The summed E-state index contributed by atoms with van der Waals surface area (Å²) < 4.78 is 6.61. The summed E-state index contributed by atoms with van der Waals surface area (Å²) in [6.45, 7) is 0. The van der Waals surface area contributed by atoms with Crippen LogP contribution in [0.15, 0.2) is 61.4 Å². The zero-order chi connectivity index (χ0) is 16.1. The molecule has 2 aromatic heterocycles. The fourth-order valence-corrected chi connectivity index (χ4v) is 2.08. The second-order valence-electron chi connectivity index (χ2n) is 4.68. The average molecular weight is 303 g/mol. The van der Waals surface area contributed by atoms with E-state index in [1.54, 1.807) is 37.1 Å². The quantitative estimate of drug-likeness (QED) is 0.539. The first-order valence-electron chi connectivity index (χ1n) is 6.90. The molecule has 0 radical (unpaired) electrons. The molecule has 0 aliphatic carbocycles. The maximum absolute atomic E-state index is 11.7. The summed E-state index contributed by atoms with van der Waals surface area (Å²) in [5.74, 6) is 5.78. The summed E-state index contributed by atoms with van der Waals surface area (Å²) in [5.41, 5.74) is 2.86. The van der Waals surface area contributed by atoms with Crippen molar-refractivity contribution in [2.45, 2.75) is 0 Å². The Morgan fingerprint density at radius 3 is 2.61 bits per heavy atom. The monoisotopic (exact) mass is 303 g/mol. The van der Waals surface area contributed by atoms with E-state index >= 15 is 0 Å². The molecule has 0 bridgehead atoms. The number of carbonyl (C=O) groups excluding carboxylic acids is 1. The number of esters is 1. The van der Waals surface area contributed by atoms with Gasteiger partial charge in [0.15, 0.2) is 0 Å². The van der Waals surface area contributed by atoms with Gasteiger partial charge in [0, 0.05) is 35.9 Å². The predicted octanol–water partition coefficient (Wildman–Crippen LogP) is 2.45. The van der Waals surface area contributed by atoms with Gasteiger partial charge in [-0.05, 0) is 30.3 Å². The van der Waals surface area contributed by atoms with E-state index in [1.165, 1.54) is 7.11 Å². The van der Waals surface area contributed by atoms with Crippen LogP contribution in [0.3, 0.4) is 0 Å². The minimum Gasteiger partial charge on any atom is -0.465 e. The standard InChI is InChI=1S/C18H13N3O2/c1-23-18(22)16-4-5-17(21-11-10-20-13-21)15(12-16)3-2-14-6-8-19-9-7-14/h4-13H,1H3. The van der Waals surface area contributed by atoms with E-state index in [-0.39, 0.29) is 0 Å². The van der Waals surface area contributed by atoms with Gasteiger partial charge in [-0.2, -0.15) is 0 Å². The largest absolute Gasteiger partial charge is 0.465 e. The molecular weight excluding hydrogens is 290 g/mol. The van der Waals surface area contributed by atoms with Crippen molar-refractivity contribution in [2.75, 3.05) is 7.11 Å². The van der Waals surface area contributed by atoms with Crippen molar-refractivity contribution in [1.29, 1.82) is 0 Å². The van der Waals surface area contributed by atoms with Gasteiger partial charge in [0.25, 0.3) is 0 Å². The lowest BCUT2D eigenvalue weighted by Crippen LogP contribution is -2.03. The summed E-state index contributed by atoms with van der Waals surface area (Å²) >= 11 is 0. The molecule has 0 aliphatic heterocycles. The van der Waals surface area contributed by atoms with E-state index in [0.29, 0.717) is 11.1 Å². The van der Waals surface area contributed by atoms with E-state index in [2.05, 4.69) is 21.8 Å². The minimum atomic E-state index is -0.394. The fourth-order valence-electron chi connectivity index (χ4n) is 2.08. The molecule has 0 amide bonds. The van der Waals surface area contributed by atoms with E-state index in [9.17, 15) is 4.79 Å². The molecule has 0 saturated carbocycles. The molecule has 3 aromatic rings. The van der Waals surface area contributed by atoms with Crippen molar-refractivity contribution in [3.8, 4) is 17.5 Å². The highest BCUT2D eigenvalue weighted by Gasteiger charge is 2.09. The summed E-state index contributed by atoms with van der Waals surface area (Å²) in [5, 5.41) is 0. The summed E-state index contributed by atoms with van der Waals surface area (Å²) in [6.07, 6.45) is 8.57. The maximum atomic E-state index is 11.7. The van der Waals surface area contributed by atoms with Crippen molar-refractivity contribution in [3.63, 3.8) is 0 Å². The zero-order valence-corrected chi connectivity index (χ0v) is 12.4. The smallest absolute Gasteiger partial charge is 0.337 e. The van der Waals surface area contributed by atoms with Crippen LogP contribution >= 0.6 is 0 Å². The number of hydrogen-bond donors (Lipinski definition) is 0. The summed E-state index contributed by atoms with van der Waals surface area (Å²) in [6, 6.07) is 8.90. The highest BCUT2D eigenvalue weighted by Crippen LogP contribution is 2.17. The van der Waals surface area contributed by atoms with Crippen molar-refractivity contribution in [3.05, 3.63) is 78.1 Å². The fraction of sp³-hybridized carbons (Fsp3) is 0.0556. The molecule has 0 aliphatic rings. The Kier molecular flexibility index (Phi) is 4.16. The highest BCUT2D eigenvalue weighted by atomic mass is 16.5. The van der Waals surface area contributed by atoms with Crippen LogP contribution in [0.5, 0.6) is 0 Å². The van der Waals surface area contributed by atoms with Gasteiger partial charge >= 0.3 is 5.97 Å². The molecule has 2 heterocycles. The van der Waals surface area contributed by atoms with Crippen LogP contribution in [0.2, 0.25) is 0 Å². The SMILES string of the molecule is COC(=O)c1ccc(-n2ccnc2)c(C#Cc2ccncc2)c1.